The average Bonchev–Trinajstić information content (AvgIpc) is 2.54. The Morgan fingerprint density at radius 1 is 1.12 bits per heavy atom. The van der Waals surface area contributed by atoms with E-state index in [2.05, 4.69) is 34.8 Å². The second-order valence-electron chi connectivity index (χ2n) is 5.82. The Labute approximate surface area is 163 Å². The molecule has 0 atom stereocenters. The molecule has 6 heteroatoms. The number of halogens is 1. The topological polar surface area (TPSA) is 65.5 Å². The molecule has 0 saturated heterocycles. The van der Waals surface area contributed by atoms with Crippen LogP contribution in [0.5, 0.6) is 0 Å². The van der Waals surface area contributed by atoms with E-state index in [-0.39, 0.29) is 35.8 Å². The van der Waals surface area contributed by atoms with E-state index >= 15 is 0 Å². The molecule has 0 heterocycles. The maximum atomic E-state index is 11.7. The van der Waals surface area contributed by atoms with Crippen molar-refractivity contribution < 1.29 is 4.79 Å². The summed E-state index contributed by atoms with van der Waals surface area (Å²) in [5.41, 5.74) is 1.93. The first kappa shape index (κ1) is 22.7. The molecule has 0 radical (unpaired) electrons. The quantitative estimate of drug-likeness (QED) is 0.247. The fourth-order valence-electron chi connectivity index (χ4n) is 1.88. The molecule has 3 N–H and O–H groups in total. The van der Waals surface area contributed by atoms with Gasteiger partial charge in [0.2, 0.25) is 5.91 Å². The van der Waals surface area contributed by atoms with Crippen LogP contribution in [-0.4, -0.2) is 25.0 Å². The fourth-order valence-corrected chi connectivity index (χ4v) is 1.88. The molecule has 0 fully saturated rings. The number of rotatable bonds is 8. The Morgan fingerprint density at radius 3 is 2.33 bits per heavy atom. The Morgan fingerprint density at radius 2 is 1.79 bits per heavy atom. The van der Waals surface area contributed by atoms with Crippen LogP contribution in [0.25, 0.3) is 0 Å². The van der Waals surface area contributed by atoms with Crippen molar-refractivity contribution in [3.8, 4) is 0 Å². The van der Waals surface area contributed by atoms with Crippen molar-refractivity contribution in [2.24, 2.45) is 10.9 Å². The van der Waals surface area contributed by atoms with Gasteiger partial charge in [-0.15, -0.1) is 24.0 Å². The van der Waals surface area contributed by atoms with E-state index in [4.69, 9.17) is 0 Å². The fraction of sp³-hybridized carbons (Fsp3) is 0.556. The normalized spacial score (nSPS) is 11.0. The van der Waals surface area contributed by atoms with E-state index in [9.17, 15) is 4.79 Å². The second kappa shape index (κ2) is 13.0. The van der Waals surface area contributed by atoms with E-state index in [1.165, 1.54) is 0 Å². The highest BCUT2D eigenvalue weighted by atomic mass is 127. The molecular formula is C18H31IN4O. The van der Waals surface area contributed by atoms with Crippen LogP contribution in [0.15, 0.2) is 29.3 Å². The van der Waals surface area contributed by atoms with Gasteiger partial charge in [0.05, 0.1) is 6.54 Å². The van der Waals surface area contributed by atoms with Crippen LogP contribution >= 0.6 is 24.0 Å². The summed E-state index contributed by atoms with van der Waals surface area (Å²) >= 11 is 0. The van der Waals surface area contributed by atoms with Crippen molar-refractivity contribution >= 4 is 41.5 Å². The van der Waals surface area contributed by atoms with Crippen LogP contribution < -0.4 is 16.0 Å². The summed E-state index contributed by atoms with van der Waals surface area (Å²) in [6, 6.07) is 7.83. The van der Waals surface area contributed by atoms with Crippen molar-refractivity contribution in [3.63, 3.8) is 0 Å². The van der Waals surface area contributed by atoms with E-state index in [1.54, 1.807) is 0 Å². The number of carbonyl (C=O) groups excluding carboxylic acids is 1. The van der Waals surface area contributed by atoms with Crippen molar-refractivity contribution in [3.05, 3.63) is 29.8 Å². The van der Waals surface area contributed by atoms with Gasteiger partial charge in [-0.05, 0) is 31.0 Å². The third kappa shape index (κ3) is 9.10. The van der Waals surface area contributed by atoms with Crippen molar-refractivity contribution in [1.29, 1.82) is 0 Å². The molecule has 5 nitrogen and oxygen atoms in total. The molecule has 0 aliphatic rings. The summed E-state index contributed by atoms with van der Waals surface area (Å²) in [4.78, 5) is 16.2. The van der Waals surface area contributed by atoms with Crippen molar-refractivity contribution in [2.75, 3.05) is 18.4 Å². The molecule has 24 heavy (non-hydrogen) atoms. The van der Waals surface area contributed by atoms with Gasteiger partial charge in [0.25, 0.3) is 0 Å². The summed E-state index contributed by atoms with van der Waals surface area (Å²) in [6.07, 6.45) is 2.30. The van der Waals surface area contributed by atoms with Crippen LogP contribution in [0.2, 0.25) is 0 Å². The van der Waals surface area contributed by atoms with E-state index < -0.39 is 0 Å². The molecule has 0 aromatic heterocycles. The molecule has 1 aromatic rings. The maximum absolute atomic E-state index is 11.7. The molecule has 1 amide bonds. The molecule has 0 aliphatic heterocycles. The minimum Gasteiger partial charge on any atom is -0.357 e. The number of guanidine groups is 1. The first-order valence-corrected chi connectivity index (χ1v) is 8.48. The highest BCUT2D eigenvalue weighted by molar-refractivity contribution is 14.0. The zero-order valence-electron chi connectivity index (χ0n) is 15.2. The third-order valence-corrected chi connectivity index (χ3v) is 3.33. The number of benzene rings is 1. The Hall–Kier alpha value is -1.31. The molecule has 136 valence electrons. The number of hydrogen-bond acceptors (Lipinski definition) is 2. The number of amides is 1. The van der Waals surface area contributed by atoms with Crippen molar-refractivity contribution in [2.45, 2.75) is 47.1 Å². The number of anilines is 1. The number of aliphatic imine (C=N–C) groups is 1. The molecule has 0 saturated carbocycles. The Balaban J connectivity index is 0.00000529. The van der Waals surface area contributed by atoms with Gasteiger partial charge in [-0.1, -0.05) is 39.3 Å². The van der Waals surface area contributed by atoms with Gasteiger partial charge in [0.1, 0.15) is 0 Å². The van der Waals surface area contributed by atoms with Gasteiger partial charge in [0, 0.05) is 24.7 Å². The monoisotopic (exact) mass is 446 g/mol. The number of hydrogen-bond donors (Lipinski definition) is 3. The average molecular weight is 446 g/mol. The molecule has 0 spiro atoms. The predicted molar refractivity (Wildman–Crippen MR) is 113 cm³/mol. The van der Waals surface area contributed by atoms with Crippen LogP contribution in [0.3, 0.4) is 0 Å². The van der Waals surface area contributed by atoms with Gasteiger partial charge in [-0.2, -0.15) is 0 Å². The molecule has 1 rings (SSSR count). The number of unbranched alkanes of at least 4 members (excludes halogenated alkanes) is 1. The first-order chi connectivity index (χ1) is 11.1. The zero-order valence-corrected chi connectivity index (χ0v) is 17.5. The molecular weight excluding hydrogens is 415 g/mol. The highest BCUT2D eigenvalue weighted by Gasteiger charge is 2.06. The van der Waals surface area contributed by atoms with Crippen LogP contribution in [-0.2, 0) is 11.3 Å². The largest absolute Gasteiger partial charge is 0.357 e. The summed E-state index contributed by atoms with van der Waals surface area (Å²) in [5.74, 6) is 0.861. The number of carbonyl (C=O) groups is 1. The SMILES string of the molecule is CCCCNC(=NCc1ccc(NC(=O)C(C)C)cc1)NCC.I. The standard InChI is InChI=1S/C18H30N4O.HI/c1-5-7-12-20-18(19-6-2)21-13-15-8-10-16(11-9-15)22-17(23)14(3)4;/h8-11,14H,5-7,12-13H2,1-4H3,(H,22,23)(H2,19,20,21);1H. The molecule has 0 unspecified atom stereocenters. The van der Waals surface area contributed by atoms with Crippen LogP contribution in [0.4, 0.5) is 5.69 Å². The van der Waals surface area contributed by atoms with Gasteiger partial charge in [-0.25, -0.2) is 4.99 Å². The molecule has 0 aliphatic carbocycles. The summed E-state index contributed by atoms with van der Waals surface area (Å²) in [5, 5.41) is 9.46. The minimum atomic E-state index is -0.0175. The lowest BCUT2D eigenvalue weighted by molar-refractivity contribution is -0.118. The van der Waals surface area contributed by atoms with E-state index in [0.717, 1.165) is 43.1 Å². The molecule has 1 aromatic carbocycles. The van der Waals surface area contributed by atoms with E-state index in [0.29, 0.717) is 6.54 Å². The second-order valence-corrected chi connectivity index (χ2v) is 5.82. The molecule has 0 bridgehead atoms. The summed E-state index contributed by atoms with van der Waals surface area (Å²) in [6.45, 7) is 10.4. The van der Waals surface area contributed by atoms with E-state index in [1.807, 2.05) is 38.1 Å². The lowest BCUT2D eigenvalue weighted by Crippen LogP contribution is -2.37. The Bertz CT molecular complexity index is 500. The Kier molecular flexibility index (Phi) is 12.3. The lowest BCUT2D eigenvalue weighted by Gasteiger charge is -2.11. The highest BCUT2D eigenvalue weighted by Crippen LogP contribution is 2.11. The first-order valence-electron chi connectivity index (χ1n) is 8.48. The van der Waals surface area contributed by atoms with Gasteiger partial charge < -0.3 is 16.0 Å². The third-order valence-electron chi connectivity index (χ3n) is 3.33. The van der Waals surface area contributed by atoms with Crippen LogP contribution in [0, 0.1) is 5.92 Å². The van der Waals surface area contributed by atoms with Gasteiger partial charge in [0.15, 0.2) is 5.96 Å². The zero-order chi connectivity index (χ0) is 17.1. The minimum absolute atomic E-state index is 0. The van der Waals surface area contributed by atoms with Crippen LogP contribution in [0.1, 0.15) is 46.1 Å². The predicted octanol–water partition coefficient (Wildman–Crippen LogP) is 3.75. The smallest absolute Gasteiger partial charge is 0.226 e. The van der Waals surface area contributed by atoms with Gasteiger partial charge in [-0.3, -0.25) is 4.79 Å². The maximum Gasteiger partial charge on any atom is 0.226 e. The summed E-state index contributed by atoms with van der Waals surface area (Å²) in [7, 11) is 0. The van der Waals surface area contributed by atoms with Gasteiger partial charge >= 0.3 is 0 Å². The summed E-state index contributed by atoms with van der Waals surface area (Å²) < 4.78 is 0. The number of nitrogens with one attached hydrogen (secondary N) is 3. The lowest BCUT2D eigenvalue weighted by atomic mass is 10.2. The number of nitrogens with zero attached hydrogens (tertiary/aromatic N) is 1. The van der Waals surface area contributed by atoms with Crippen molar-refractivity contribution in [1.82, 2.24) is 10.6 Å².